The van der Waals surface area contributed by atoms with Crippen LogP contribution < -0.4 is 10.1 Å². The van der Waals surface area contributed by atoms with Crippen molar-refractivity contribution in [1.82, 2.24) is 10.2 Å². The van der Waals surface area contributed by atoms with Gasteiger partial charge in [0.25, 0.3) is 0 Å². The van der Waals surface area contributed by atoms with Crippen molar-refractivity contribution in [2.24, 2.45) is 0 Å². The number of carbonyl (C=O) groups excluding carboxylic acids is 1. The number of nitrogens with zero attached hydrogens (tertiary/aromatic N) is 1. The molecule has 1 aromatic carbocycles. The minimum Gasteiger partial charge on any atom is -0.497 e. The lowest BCUT2D eigenvalue weighted by atomic mass is 10.0. The number of methoxy groups -OCH3 is 1. The highest BCUT2D eigenvalue weighted by Gasteiger charge is 2.25. The van der Waals surface area contributed by atoms with Crippen LogP contribution in [0.2, 0.25) is 0 Å². The van der Waals surface area contributed by atoms with Crippen molar-refractivity contribution in [3.63, 3.8) is 0 Å². The van der Waals surface area contributed by atoms with Gasteiger partial charge in [0.05, 0.1) is 7.11 Å². The quantitative estimate of drug-likeness (QED) is 0.876. The van der Waals surface area contributed by atoms with Gasteiger partial charge in [-0.1, -0.05) is 12.1 Å². The number of benzene rings is 1. The lowest BCUT2D eigenvalue weighted by Crippen LogP contribution is -2.44. The first-order valence-electron chi connectivity index (χ1n) is 8.43. The summed E-state index contributed by atoms with van der Waals surface area (Å²) in [5, 5.41) is 2.68. The number of likely N-dealkylation sites (tertiary alicyclic amines) is 1. The molecule has 2 rings (SSSR count). The molecule has 1 heterocycles. The molecule has 1 atom stereocenters. The lowest BCUT2D eigenvalue weighted by molar-refractivity contribution is 0.0405. The van der Waals surface area contributed by atoms with Crippen molar-refractivity contribution in [2.45, 2.75) is 45.3 Å². The summed E-state index contributed by atoms with van der Waals surface area (Å²) in [7, 11) is 1.69. The summed E-state index contributed by atoms with van der Waals surface area (Å²) in [6.07, 6.45) is 2.59. The second kappa shape index (κ2) is 8.77. The molecule has 5 heteroatoms. The summed E-state index contributed by atoms with van der Waals surface area (Å²) in [6.45, 7) is 6.71. The van der Waals surface area contributed by atoms with E-state index in [1.165, 1.54) is 5.56 Å². The number of nitrogens with one attached hydrogen (secondary N) is 1. The van der Waals surface area contributed by atoms with Crippen LogP contribution in [0.5, 0.6) is 5.75 Å². The van der Waals surface area contributed by atoms with Gasteiger partial charge in [-0.05, 0) is 50.8 Å². The van der Waals surface area contributed by atoms with Crippen LogP contribution in [0.4, 0.5) is 4.79 Å². The maximum Gasteiger partial charge on any atom is 0.407 e. The van der Waals surface area contributed by atoms with Crippen LogP contribution in [0.15, 0.2) is 24.3 Å². The van der Waals surface area contributed by atoms with Gasteiger partial charge in [-0.15, -0.1) is 0 Å². The number of alkyl carbamates (subject to hydrolysis) is 1. The van der Waals surface area contributed by atoms with E-state index in [9.17, 15) is 4.79 Å². The Bertz CT molecular complexity index is 482. The van der Waals surface area contributed by atoms with Crippen molar-refractivity contribution in [3.05, 3.63) is 29.8 Å². The molecular formula is C18H28N2O3. The second-order valence-corrected chi connectivity index (χ2v) is 6.07. The van der Waals surface area contributed by atoms with Gasteiger partial charge < -0.3 is 19.7 Å². The average Bonchev–Trinajstić information content (AvgIpc) is 2.56. The van der Waals surface area contributed by atoms with Gasteiger partial charge in [0, 0.05) is 25.7 Å². The Morgan fingerprint density at radius 1 is 1.30 bits per heavy atom. The number of carbonyl (C=O) groups is 1. The zero-order chi connectivity index (χ0) is 16.7. The Morgan fingerprint density at radius 2 is 1.96 bits per heavy atom. The predicted octanol–water partition coefficient (Wildman–Crippen LogP) is 2.84. The molecule has 1 saturated heterocycles. The fourth-order valence-corrected chi connectivity index (χ4v) is 3.00. The first-order valence-corrected chi connectivity index (χ1v) is 8.43. The third-order valence-corrected chi connectivity index (χ3v) is 4.38. The van der Waals surface area contributed by atoms with Crippen molar-refractivity contribution in [1.29, 1.82) is 0 Å². The lowest BCUT2D eigenvalue weighted by Gasteiger charge is -2.35. The summed E-state index contributed by atoms with van der Waals surface area (Å²) in [6, 6.07) is 8.75. The van der Waals surface area contributed by atoms with E-state index in [1.807, 2.05) is 19.1 Å². The summed E-state index contributed by atoms with van der Waals surface area (Å²) >= 11 is 0. The van der Waals surface area contributed by atoms with Crippen molar-refractivity contribution >= 4 is 6.09 Å². The van der Waals surface area contributed by atoms with Crippen molar-refractivity contribution in [2.75, 3.05) is 26.7 Å². The molecule has 1 amide bonds. The zero-order valence-corrected chi connectivity index (χ0v) is 14.4. The molecule has 0 radical (unpaired) electrons. The smallest absolute Gasteiger partial charge is 0.407 e. The Kier molecular flexibility index (Phi) is 6.71. The van der Waals surface area contributed by atoms with E-state index >= 15 is 0 Å². The summed E-state index contributed by atoms with van der Waals surface area (Å²) in [5.74, 6) is 0.893. The maximum atomic E-state index is 11.5. The summed E-state index contributed by atoms with van der Waals surface area (Å²) < 4.78 is 10.6. The number of rotatable bonds is 6. The molecule has 0 saturated carbocycles. The highest BCUT2D eigenvalue weighted by atomic mass is 16.6. The van der Waals surface area contributed by atoms with E-state index in [2.05, 4.69) is 29.3 Å². The topological polar surface area (TPSA) is 50.8 Å². The average molecular weight is 320 g/mol. The van der Waals surface area contributed by atoms with Crippen molar-refractivity contribution in [3.8, 4) is 5.75 Å². The molecule has 5 nitrogen and oxygen atoms in total. The fourth-order valence-electron chi connectivity index (χ4n) is 3.00. The van der Waals surface area contributed by atoms with E-state index in [1.54, 1.807) is 7.11 Å². The standard InChI is InChI=1S/C18H28N2O3/c1-4-19-18(21)23-17-9-11-20(12-10-17)14(2)13-15-5-7-16(22-3)8-6-15/h5-8,14,17H,4,9-13H2,1-3H3,(H,19,21). The van der Waals surface area contributed by atoms with Gasteiger partial charge in [-0.25, -0.2) is 4.79 Å². The molecule has 128 valence electrons. The van der Waals surface area contributed by atoms with Gasteiger partial charge in [-0.3, -0.25) is 0 Å². The van der Waals surface area contributed by atoms with Crippen LogP contribution in [0, 0.1) is 0 Å². The molecule has 1 aliphatic rings. The predicted molar refractivity (Wildman–Crippen MR) is 90.9 cm³/mol. The largest absolute Gasteiger partial charge is 0.497 e. The number of hydrogen-bond acceptors (Lipinski definition) is 4. The third kappa shape index (κ3) is 5.43. The van der Waals surface area contributed by atoms with Crippen LogP contribution >= 0.6 is 0 Å². The number of piperidine rings is 1. The molecule has 0 aliphatic carbocycles. The molecule has 0 spiro atoms. The Balaban J connectivity index is 1.76. The minimum atomic E-state index is -0.294. The van der Waals surface area contributed by atoms with Crippen LogP contribution in [0.1, 0.15) is 32.3 Å². The van der Waals surface area contributed by atoms with Crippen LogP contribution in [-0.4, -0.2) is 49.9 Å². The minimum absolute atomic E-state index is 0.0472. The van der Waals surface area contributed by atoms with E-state index < -0.39 is 0 Å². The third-order valence-electron chi connectivity index (χ3n) is 4.38. The first-order chi connectivity index (χ1) is 11.1. The number of hydrogen-bond donors (Lipinski definition) is 1. The molecule has 1 unspecified atom stereocenters. The van der Waals surface area contributed by atoms with E-state index in [-0.39, 0.29) is 12.2 Å². The van der Waals surface area contributed by atoms with E-state index in [4.69, 9.17) is 9.47 Å². The second-order valence-electron chi connectivity index (χ2n) is 6.07. The first kappa shape index (κ1) is 17.6. The van der Waals surface area contributed by atoms with E-state index in [0.717, 1.165) is 38.1 Å². The Labute approximate surface area is 139 Å². The molecule has 0 bridgehead atoms. The monoisotopic (exact) mass is 320 g/mol. The SMILES string of the molecule is CCNC(=O)OC1CCN(C(C)Cc2ccc(OC)cc2)CC1. The molecule has 1 fully saturated rings. The molecule has 1 aromatic rings. The fraction of sp³-hybridized carbons (Fsp3) is 0.611. The molecule has 0 aromatic heterocycles. The van der Waals surface area contributed by atoms with Gasteiger partial charge >= 0.3 is 6.09 Å². The van der Waals surface area contributed by atoms with Gasteiger partial charge in [0.2, 0.25) is 0 Å². The highest BCUT2D eigenvalue weighted by Crippen LogP contribution is 2.19. The van der Waals surface area contributed by atoms with E-state index in [0.29, 0.717) is 12.6 Å². The highest BCUT2D eigenvalue weighted by molar-refractivity contribution is 5.67. The number of amides is 1. The molecular weight excluding hydrogens is 292 g/mol. The normalized spacial score (nSPS) is 17.5. The zero-order valence-electron chi connectivity index (χ0n) is 14.4. The Hall–Kier alpha value is -1.75. The Morgan fingerprint density at radius 3 is 2.52 bits per heavy atom. The summed E-state index contributed by atoms with van der Waals surface area (Å²) in [4.78, 5) is 13.9. The van der Waals surface area contributed by atoms with Crippen LogP contribution in [0.25, 0.3) is 0 Å². The summed E-state index contributed by atoms with van der Waals surface area (Å²) in [5.41, 5.74) is 1.32. The van der Waals surface area contributed by atoms with Crippen LogP contribution in [0.3, 0.4) is 0 Å². The van der Waals surface area contributed by atoms with Crippen LogP contribution in [-0.2, 0) is 11.2 Å². The maximum absolute atomic E-state index is 11.5. The van der Waals surface area contributed by atoms with Gasteiger partial charge in [0.1, 0.15) is 11.9 Å². The number of ether oxygens (including phenoxy) is 2. The molecule has 1 aliphatic heterocycles. The van der Waals surface area contributed by atoms with Gasteiger partial charge in [-0.2, -0.15) is 0 Å². The molecule has 23 heavy (non-hydrogen) atoms. The van der Waals surface area contributed by atoms with Gasteiger partial charge in [0.15, 0.2) is 0 Å². The molecule has 1 N–H and O–H groups in total. The van der Waals surface area contributed by atoms with Crippen molar-refractivity contribution < 1.29 is 14.3 Å².